The second kappa shape index (κ2) is 6.38. The molecular formula is C16H20ClF3N2. The first-order chi connectivity index (χ1) is 10.5. The van der Waals surface area contributed by atoms with Crippen molar-refractivity contribution in [1.82, 2.24) is 10.2 Å². The van der Waals surface area contributed by atoms with Crippen LogP contribution < -0.4 is 5.32 Å². The van der Waals surface area contributed by atoms with E-state index in [0.29, 0.717) is 5.92 Å². The highest BCUT2D eigenvalue weighted by Gasteiger charge is 2.37. The van der Waals surface area contributed by atoms with Gasteiger partial charge in [-0.05, 0) is 36.5 Å². The Morgan fingerprint density at radius 3 is 2.41 bits per heavy atom. The van der Waals surface area contributed by atoms with Crippen LogP contribution in [0.3, 0.4) is 0 Å². The first-order valence-corrected chi connectivity index (χ1v) is 8.16. The van der Waals surface area contributed by atoms with Crippen LogP contribution in [0.4, 0.5) is 13.2 Å². The van der Waals surface area contributed by atoms with Gasteiger partial charge in [0.1, 0.15) is 0 Å². The van der Waals surface area contributed by atoms with Gasteiger partial charge < -0.3 is 5.32 Å². The van der Waals surface area contributed by atoms with Crippen molar-refractivity contribution in [3.8, 4) is 0 Å². The average molecular weight is 333 g/mol. The molecule has 2 aliphatic rings. The van der Waals surface area contributed by atoms with E-state index >= 15 is 0 Å². The lowest BCUT2D eigenvalue weighted by atomic mass is 9.76. The molecule has 0 unspecified atom stereocenters. The van der Waals surface area contributed by atoms with Gasteiger partial charge in [0.2, 0.25) is 0 Å². The molecule has 1 aliphatic heterocycles. The van der Waals surface area contributed by atoms with Crippen molar-refractivity contribution >= 4 is 11.6 Å². The van der Waals surface area contributed by atoms with E-state index in [1.165, 1.54) is 18.6 Å². The van der Waals surface area contributed by atoms with E-state index in [-0.39, 0.29) is 11.1 Å². The highest BCUT2D eigenvalue weighted by molar-refractivity contribution is 6.31. The fourth-order valence-electron chi connectivity index (χ4n) is 3.44. The number of hydrogen-bond donors (Lipinski definition) is 1. The van der Waals surface area contributed by atoms with E-state index in [0.717, 1.165) is 44.6 Å². The molecule has 1 aliphatic carbocycles. The predicted molar refractivity (Wildman–Crippen MR) is 81.0 cm³/mol. The molecule has 1 N–H and O–H groups in total. The second-order valence-corrected chi connectivity index (χ2v) is 6.57. The molecule has 0 spiro atoms. The minimum absolute atomic E-state index is 0.0780. The molecule has 1 heterocycles. The van der Waals surface area contributed by atoms with Gasteiger partial charge in [0, 0.05) is 32.2 Å². The van der Waals surface area contributed by atoms with Gasteiger partial charge >= 0.3 is 6.18 Å². The quantitative estimate of drug-likeness (QED) is 0.896. The Kier molecular flexibility index (Phi) is 4.67. The molecule has 1 saturated heterocycles. The van der Waals surface area contributed by atoms with Crippen molar-refractivity contribution in [3.05, 3.63) is 34.3 Å². The summed E-state index contributed by atoms with van der Waals surface area (Å²) < 4.78 is 39.4. The fourth-order valence-corrected chi connectivity index (χ4v) is 3.67. The number of hydrogen-bond acceptors (Lipinski definition) is 2. The van der Waals surface area contributed by atoms with E-state index in [9.17, 15) is 13.2 Å². The highest BCUT2D eigenvalue weighted by atomic mass is 35.5. The minimum atomic E-state index is -4.40. The smallest absolute Gasteiger partial charge is 0.314 e. The van der Waals surface area contributed by atoms with E-state index in [1.54, 1.807) is 6.07 Å². The Balaban J connectivity index is 1.93. The maximum atomic E-state index is 13.1. The largest absolute Gasteiger partial charge is 0.417 e. The summed E-state index contributed by atoms with van der Waals surface area (Å²) in [5.74, 6) is 0.459. The van der Waals surface area contributed by atoms with Gasteiger partial charge in [-0.3, -0.25) is 4.90 Å². The summed E-state index contributed by atoms with van der Waals surface area (Å²) >= 11 is 5.76. The molecule has 22 heavy (non-hydrogen) atoms. The van der Waals surface area contributed by atoms with E-state index < -0.39 is 11.7 Å². The van der Waals surface area contributed by atoms with Gasteiger partial charge in [-0.1, -0.05) is 24.1 Å². The summed E-state index contributed by atoms with van der Waals surface area (Å²) in [5, 5.41) is 3.08. The number of rotatable bonds is 3. The van der Waals surface area contributed by atoms with Crippen LogP contribution >= 0.6 is 11.6 Å². The molecule has 2 fully saturated rings. The van der Waals surface area contributed by atoms with Gasteiger partial charge in [0.25, 0.3) is 0 Å². The maximum absolute atomic E-state index is 13.1. The summed E-state index contributed by atoms with van der Waals surface area (Å²) in [6, 6.07) is 4.50. The zero-order valence-corrected chi connectivity index (χ0v) is 13.1. The van der Waals surface area contributed by atoms with Crippen LogP contribution in [0.1, 0.15) is 36.4 Å². The van der Waals surface area contributed by atoms with Crippen molar-refractivity contribution in [1.29, 1.82) is 0 Å². The molecule has 1 aromatic rings. The van der Waals surface area contributed by atoms with Crippen molar-refractivity contribution < 1.29 is 13.2 Å². The number of piperazine rings is 1. The summed E-state index contributed by atoms with van der Waals surface area (Å²) in [7, 11) is 0. The fraction of sp³-hybridized carbons (Fsp3) is 0.625. The lowest BCUT2D eigenvalue weighted by Crippen LogP contribution is -2.47. The minimum Gasteiger partial charge on any atom is -0.314 e. The molecule has 0 amide bonds. The Morgan fingerprint density at radius 1 is 1.18 bits per heavy atom. The first-order valence-electron chi connectivity index (χ1n) is 7.78. The third kappa shape index (κ3) is 3.26. The van der Waals surface area contributed by atoms with Crippen molar-refractivity contribution in [2.24, 2.45) is 5.92 Å². The average Bonchev–Trinajstić information content (AvgIpc) is 2.43. The summed E-state index contributed by atoms with van der Waals surface area (Å²) in [6.45, 7) is 3.54. The number of halogens is 4. The van der Waals surface area contributed by atoms with Crippen LogP contribution in [0.25, 0.3) is 0 Å². The molecule has 2 nitrogen and oxygen atoms in total. The molecule has 0 bridgehead atoms. The molecule has 3 rings (SSSR count). The summed E-state index contributed by atoms with van der Waals surface area (Å²) in [5.41, 5.74) is 0.0365. The Labute approximate surface area is 133 Å². The van der Waals surface area contributed by atoms with Crippen molar-refractivity contribution in [2.45, 2.75) is 31.5 Å². The predicted octanol–water partition coefficient (Wildman–Crippen LogP) is 4.11. The Morgan fingerprint density at radius 2 is 1.86 bits per heavy atom. The van der Waals surface area contributed by atoms with Gasteiger partial charge in [-0.2, -0.15) is 13.2 Å². The van der Waals surface area contributed by atoms with Crippen LogP contribution in [0, 0.1) is 5.92 Å². The third-order valence-electron chi connectivity index (χ3n) is 4.78. The van der Waals surface area contributed by atoms with Gasteiger partial charge in [-0.15, -0.1) is 0 Å². The number of nitrogens with zero attached hydrogens (tertiary/aromatic N) is 1. The first kappa shape index (κ1) is 16.1. The molecule has 1 aromatic carbocycles. The van der Waals surface area contributed by atoms with Crippen LogP contribution in [-0.2, 0) is 6.18 Å². The Hall–Kier alpha value is -0.780. The van der Waals surface area contributed by atoms with Crippen LogP contribution in [-0.4, -0.2) is 31.1 Å². The van der Waals surface area contributed by atoms with E-state index in [1.807, 2.05) is 0 Å². The molecule has 6 heteroatoms. The molecule has 1 saturated carbocycles. The summed E-state index contributed by atoms with van der Waals surface area (Å²) in [4.78, 5) is 2.32. The number of benzene rings is 1. The lowest BCUT2D eigenvalue weighted by Gasteiger charge is -2.43. The number of nitrogens with one attached hydrogen (secondary N) is 1. The SMILES string of the molecule is FC(F)(F)c1cc([C@H](C2CCC2)N2CCNCC2)ccc1Cl. The highest BCUT2D eigenvalue weighted by Crippen LogP contribution is 2.44. The molecule has 0 aromatic heterocycles. The zero-order valence-electron chi connectivity index (χ0n) is 12.3. The lowest BCUT2D eigenvalue weighted by molar-refractivity contribution is -0.137. The van der Waals surface area contributed by atoms with Gasteiger partial charge in [0.15, 0.2) is 0 Å². The van der Waals surface area contributed by atoms with Crippen molar-refractivity contribution in [3.63, 3.8) is 0 Å². The zero-order chi connectivity index (χ0) is 15.7. The van der Waals surface area contributed by atoms with Crippen LogP contribution in [0.2, 0.25) is 5.02 Å². The summed E-state index contributed by atoms with van der Waals surface area (Å²) in [6.07, 6.45) is -1.04. The Bertz CT molecular complexity index is 523. The van der Waals surface area contributed by atoms with Gasteiger partial charge in [0.05, 0.1) is 10.6 Å². The monoisotopic (exact) mass is 332 g/mol. The maximum Gasteiger partial charge on any atom is 0.417 e. The van der Waals surface area contributed by atoms with Gasteiger partial charge in [-0.25, -0.2) is 0 Å². The van der Waals surface area contributed by atoms with Crippen LogP contribution in [0.5, 0.6) is 0 Å². The van der Waals surface area contributed by atoms with Crippen molar-refractivity contribution in [2.75, 3.05) is 26.2 Å². The molecule has 122 valence electrons. The van der Waals surface area contributed by atoms with E-state index in [4.69, 9.17) is 11.6 Å². The number of alkyl halides is 3. The molecular weight excluding hydrogens is 313 g/mol. The van der Waals surface area contributed by atoms with Crippen LogP contribution in [0.15, 0.2) is 18.2 Å². The third-order valence-corrected chi connectivity index (χ3v) is 5.11. The normalized spacial score (nSPS) is 22.4. The molecule has 1 atom stereocenters. The molecule has 0 radical (unpaired) electrons. The van der Waals surface area contributed by atoms with E-state index in [2.05, 4.69) is 10.2 Å². The standard InChI is InChI=1S/C16H20ClF3N2/c17-14-5-4-12(10-13(14)16(18,19)20)15(11-2-1-3-11)22-8-6-21-7-9-22/h4-5,10-11,15,21H,1-3,6-9H2/t15-/m0/s1. The topological polar surface area (TPSA) is 15.3 Å². The second-order valence-electron chi connectivity index (χ2n) is 6.16.